The molecular formula is C18H15NO4. The molecule has 2 fully saturated rings. The van der Waals surface area contributed by atoms with Crippen molar-refractivity contribution in [1.82, 2.24) is 0 Å². The van der Waals surface area contributed by atoms with Gasteiger partial charge in [0.05, 0.1) is 17.5 Å². The number of fused-ring (bicyclic) bond motifs is 5. The molecule has 2 aliphatic carbocycles. The summed E-state index contributed by atoms with van der Waals surface area (Å²) in [6.07, 6.45) is 6.08. The Bertz CT molecular complexity index is 736. The lowest BCUT2D eigenvalue weighted by molar-refractivity contribution is -0.129. The molecule has 116 valence electrons. The highest BCUT2D eigenvalue weighted by molar-refractivity contribution is 6.22. The molecule has 0 N–H and O–H groups in total. The van der Waals surface area contributed by atoms with Crippen LogP contribution in [0.1, 0.15) is 6.42 Å². The largest absolute Gasteiger partial charge is 0.423 e. The third kappa shape index (κ3) is 1.96. The van der Waals surface area contributed by atoms with Gasteiger partial charge in [-0.05, 0) is 30.4 Å². The number of ether oxygens (including phenoxy) is 1. The predicted octanol–water partition coefficient (Wildman–Crippen LogP) is 2.09. The van der Waals surface area contributed by atoms with Crippen LogP contribution in [0.2, 0.25) is 0 Å². The van der Waals surface area contributed by atoms with E-state index in [1.165, 1.54) is 11.0 Å². The number of carbonyl (C=O) groups excluding carboxylic acids is 3. The van der Waals surface area contributed by atoms with Gasteiger partial charge in [0.2, 0.25) is 11.8 Å². The van der Waals surface area contributed by atoms with Crippen LogP contribution in [-0.2, 0) is 14.4 Å². The Morgan fingerprint density at radius 2 is 1.83 bits per heavy atom. The van der Waals surface area contributed by atoms with Crippen molar-refractivity contribution in [2.75, 3.05) is 4.90 Å². The van der Waals surface area contributed by atoms with Gasteiger partial charge in [-0.1, -0.05) is 24.8 Å². The van der Waals surface area contributed by atoms with Crippen molar-refractivity contribution < 1.29 is 19.1 Å². The van der Waals surface area contributed by atoms with Crippen molar-refractivity contribution in [2.24, 2.45) is 23.7 Å². The molecule has 23 heavy (non-hydrogen) atoms. The zero-order valence-corrected chi connectivity index (χ0v) is 12.3. The van der Waals surface area contributed by atoms with Crippen LogP contribution in [0, 0.1) is 23.7 Å². The Morgan fingerprint density at radius 3 is 2.43 bits per heavy atom. The summed E-state index contributed by atoms with van der Waals surface area (Å²) in [6.45, 7) is 3.34. The number of nitrogens with zero attached hydrogens (tertiary/aromatic N) is 1. The Hall–Kier alpha value is -2.69. The molecule has 2 amide bonds. The smallest absolute Gasteiger partial charge is 0.335 e. The van der Waals surface area contributed by atoms with E-state index in [9.17, 15) is 14.4 Å². The van der Waals surface area contributed by atoms with Crippen LogP contribution in [0.5, 0.6) is 5.75 Å². The summed E-state index contributed by atoms with van der Waals surface area (Å²) in [5, 5.41) is 0. The number of benzene rings is 1. The molecule has 1 saturated carbocycles. The van der Waals surface area contributed by atoms with Gasteiger partial charge in [0.15, 0.2) is 0 Å². The van der Waals surface area contributed by atoms with Crippen LogP contribution < -0.4 is 9.64 Å². The number of allylic oxidation sites excluding steroid dienone is 2. The summed E-state index contributed by atoms with van der Waals surface area (Å²) in [5.74, 6) is -0.727. The number of hydrogen-bond acceptors (Lipinski definition) is 4. The number of hydrogen-bond donors (Lipinski definition) is 0. The zero-order chi connectivity index (χ0) is 16.1. The molecule has 0 unspecified atom stereocenters. The maximum absolute atomic E-state index is 12.7. The van der Waals surface area contributed by atoms with E-state index in [0.29, 0.717) is 5.69 Å². The van der Waals surface area contributed by atoms with Gasteiger partial charge in [0, 0.05) is 12.1 Å². The lowest BCUT2D eigenvalue weighted by atomic mass is 9.85. The first-order chi connectivity index (χ1) is 11.1. The number of imide groups is 1. The Labute approximate surface area is 133 Å². The summed E-state index contributed by atoms with van der Waals surface area (Å²) in [7, 11) is 0. The van der Waals surface area contributed by atoms with Crippen molar-refractivity contribution >= 4 is 23.5 Å². The van der Waals surface area contributed by atoms with Crippen LogP contribution in [0.15, 0.2) is 49.1 Å². The number of anilines is 1. The van der Waals surface area contributed by atoms with Crippen LogP contribution in [0.4, 0.5) is 5.69 Å². The summed E-state index contributed by atoms with van der Waals surface area (Å²) in [5.41, 5.74) is 0.447. The van der Waals surface area contributed by atoms with Gasteiger partial charge in [-0.25, -0.2) is 9.69 Å². The lowest BCUT2D eigenvalue weighted by Gasteiger charge is -2.17. The standard InChI is InChI=1S/C18H15NO4/c1-2-14(20)23-13-5-3-4-12(9-13)19-17(21)15-10-6-7-11(8-10)16(15)18(19)22/h2-7,9-11,15-16H,1,8H2/t10-,11+,15-,16-/m0/s1. The molecule has 2 bridgehead atoms. The van der Waals surface area contributed by atoms with Crippen LogP contribution in [0.25, 0.3) is 0 Å². The second-order valence-corrected chi connectivity index (χ2v) is 6.13. The molecule has 0 radical (unpaired) electrons. The molecule has 5 nitrogen and oxygen atoms in total. The molecule has 4 atom stereocenters. The highest BCUT2D eigenvalue weighted by atomic mass is 16.5. The van der Waals surface area contributed by atoms with E-state index in [2.05, 4.69) is 18.7 Å². The predicted molar refractivity (Wildman–Crippen MR) is 82.5 cm³/mol. The third-order valence-electron chi connectivity index (χ3n) is 4.93. The second-order valence-electron chi connectivity index (χ2n) is 6.13. The van der Waals surface area contributed by atoms with Gasteiger partial charge in [0.25, 0.3) is 0 Å². The first-order valence-corrected chi connectivity index (χ1v) is 7.60. The van der Waals surface area contributed by atoms with E-state index in [0.717, 1.165) is 12.5 Å². The summed E-state index contributed by atoms with van der Waals surface area (Å²) < 4.78 is 5.06. The molecule has 0 aromatic heterocycles. The Balaban J connectivity index is 1.65. The second kappa shape index (κ2) is 4.91. The van der Waals surface area contributed by atoms with E-state index in [-0.39, 0.29) is 41.2 Å². The monoisotopic (exact) mass is 309 g/mol. The van der Waals surface area contributed by atoms with E-state index < -0.39 is 5.97 Å². The van der Waals surface area contributed by atoms with Crippen molar-refractivity contribution in [3.8, 4) is 5.75 Å². The van der Waals surface area contributed by atoms with Gasteiger partial charge in [0.1, 0.15) is 5.75 Å². The van der Waals surface area contributed by atoms with Crippen molar-refractivity contribution in [3.05, 3.63) is 49.1 Å². The van der Waals surface area contributed by atoms with Gasteiger partial charge >= 0.3 is 5.97 Å². The highest BCUT2D eigenvalue weighted by Crippen LogP contribution is 2.53. The fourth-order valence-corrected chi connectivity index (χ4v) is 4.00. The van der Waals surface area contributed by atoms with Crippen LogP contribution >= 0.6 is 0 Å². The number of carbonyl (C=O) groups is 3. The lowest BCUT2D eigenvalue weighted by Crippen LogP contribution is -2.32. The average molecular weight is 309 g/mol. The minimum absolute atomic E-state index is 0.149. The van der Waals surface area contributed by atoms with E-state index in [4.69, 9.17) is 4.74 Å². The van der Waals surface area contributed by atoms with Crippen LogP contribution in [-0.4, -0.2) is 17.8 Å². The minimum atomic E-state index is -0.583. The van der Waals surface area contributed by atoms with Crippen molar-refractivity contribution in [3.63, 3.8) is 0 Å². The number of rotatable bonds is 3. The van der Waals surface area contributed by atoms with Gasteiger partial charge < -0.3 is 4.74 Å². The average Bonchev–Trinajstić information content (AvgIpc) is 3.21. The zero-order valence-electron chi connectivity index (χ0n) is 12.3. The Kier molecular flexibility index (Phi) is 2.98. The fourth-order valence-electron chi connectivity index (χ4n) is 4.00. The van der Waals surface area contributed by atoms with Gasteiger partial charge in [-0.2, -0.15) is 0 Å². The molecular weight excluding hydrogens is 294 g/mol. The van der Waals surface area contributed by atoms with Crippen LogP contribution in [0.3, 0.4) is 0 Å². The molecule has 5 heteroatoms. The minimum Gasteiger partial charge on any atom is -0.423 e. The summed E-state index contributed by atoms with van der Waals surface area (Å²) >= 11 is 0. The van der Waals surface area contributed by atoms with E-state index in [1.54, 1.807) is 18.2 Å². The number of esters is 1. The number of amides is 2. The van der Waals surface area contributed by atoms with Crippen molar-refractivity contribution in [1.29, 1.82) is 0 Å². The van der Waals surface area contributed by atoms with Gasteiger partial charge in [-0.3, -0.25) is 9.59 Å². The normalized spacial score (nSPS) is 30.7. The van der Waals surface area contributed by atoms with E-state index >= 15 is 0 Å². The first kappa shape index (κ1) is 13.9. The maximum atomic E-state index is 12.7. The third-order valence-corrected chi connectivity index (χ3v) is 4.93. The Morgan fingerprint density at radius 1 is 1.17 bits per heavy atom. The van der Waals surface area contributed by atoms with E-state index in [1.807, 2.05) is 0 Å². The molecule has 3 aliphatic rings. The van der Waals surface area contributed by atoms with Crippen molar-refractivity contribution in [2.45, 2.75) is 6.42 Å². The molecule has 1 aromatic carbocycles. The summed E-state index contributed by atoms with van der Waals surface area (Å²) in [6, 6.07) is 6.47. The molecule has 1 aromatic rings. The molecule has 0 spiro atoms. The quantitative estimate of drug-likeness (QED) is 0.282. The maximum Gasteiger partial charge on any atom is 0.335 e. The summed E-state index contributed by atoms with van der Waals surface area (Å²) in [4.78, 5) is 38.0. The first-order valence-electron chi connectivity index (χ1n) is 7.60. The SMILES string of the molecule is C=CC(=O)Oc1cccc(N2C(=O)[C@@H]3[C@@H](C2=O)[C@H]2C=C[C@@H]3C2)c1. The fraction of sp³-hybridized carbons (Fsp3) is 0.278. The molecule has 1 saturated heterocycles. The molecule has 1 heterocycles. The highest BCUT2D eigenvalue weighted by Gasteiger charge is 2.59. The molecule has 1 aliphatic heterocycles. The topological polar surface area (TPSA) is 63.7 Å². The van der Waals surface area contributed by atoms with Gasteiger partial charge in [-0.15, -0.1) is 0 Å². The molecule has 4 rings (SSSR count).